The van der Waals surface area contributed by atoms with Crippen LogP contribution >= 0.6 is 11.3 Å². The number of carbonyl (C=O) groups is 1. The van der Waals surface area contributed by atoms with Gasteiger partial charge in [0.25, 0.3) is 5.91 Å². The van der Waals surface area contributed by atoms with Crippen molar-refractivity contribution in [2.24, 2.45) is 5.10 Å². The van der Waals surface area contributed by atoms with Gasteiger partial charge in [0.05, 0.1) is 24.0 Å². The van der Waals surface area contributed by atoms with E-state index in [-0.39, 0.29) is 22.3 Å². The first kappa shape index (κ1) is 22.2. The largest absolute Gasteiger partial charge is 0.488 e. The zero-order chi connectivity index (χ0) is 23.3. The van der Waals surface area contributed by atoms with E-state index >= 15 is 0 Å². The van der Waals surface area contributed by atoms with Crippen LogP contribution in [0, 0.1) is 11.3 Å². The van der Waals surface area contributed by atoms with Crippen molar-refractivity contribution in [2.45, 2.75) is 6.92 Å². The second-order valence-electron chi connectivity index (χ2n) is 6.16. The molecule has 162 valence electrons. The van der Waals surface area contributed by atoms with Crippen molar-refractivity contribution in [1.82, 2.24) is 10.2 Å². The molecule has 0 spiro atoms. The second kappa shape index (κ2) is 9.54. The van der Waals surface area contributed by atoms with Crippen molar-refractivity contribution in [3.63, 3.8) is 0 Å². The molecule has 0 bridgehead atoms. The van der Waals surface area contributed by atoms with Gasteiger partial charge in [-0.25, -0.2) is 9.80 Å². The third-order valence-electron chi connectivity index (χ3n) is 3.97. The number of hydrazone groups is 1. The molecule has 2 heterocycles. The number of ether oxygens (including phenoxy) is 1. The van der Waals surface area contributed by atoms with Gasteiger partial charge in [0, 0.05) is 18.5 Å². The lowest BCUT2D eigenvalue weighted by Gasteiger charge is -2.12. The molecule has 1 amide bonds. The van der Waals surface area contributed by atoms with Crippen molar-refractivity contribution in [3.05, 3.63) is 64.4 Å². The van der Waals surface area contributed by atoms with E-state index in [1.54, 1.807) is 31.2 Å². The minimum Gasteiger partial charge on any atom is -0.488 e. The van der Waals surface area contributed by atoms with E-state index in [2.05, 4.69) is 39.2 Å². The van der Waals surface area contributed by atoms with Crippen LogP contribution < -0.4 is 26.0 Å². The molecule has 3 rings (SSSR count). The van der Waals surface area contributed by atoms with Crippen LogP contribution in [-0.4, -0.2) is 29.9 Å². The van der Waals surface area contributed by atoms with Crippen LogP contribution in [0.25, 0.3) is 0 Å². The van der Waals surface area contributed by atoms with Gasteiger partial charge in [-0.1, -0.05) is 30.0 Å². The lowest BCUT2D eigenvalue weighted by atomic mass is 10.2. The first-order chi connectivity index (χ1) is 15.4. The van der Waals surface area contributed by atoms with Gasteiger partial charge in [0.2, 0.25) is 16.0 Å². The van der Waals surface area contributed by atoms with E-state index in [0.29, 0.717) is 22.1 Å². The highest BCUT2D eigenvalue weighted by atomic mass is 32.1. The van der Waals surface area contributed by atoms with Gasteiger partial charge in [-0.15, -0.1) is 10.2 Å². The monoisotopic (exact) mass is 451 g/mol. The third-order valence-corrected chi connectivity index (χ3v) is 4.79. The van der Waals surface area contributed by atoms with Crippen LogP contribution in [0.5, 0.6) is 5.75 Å². The summed E-state index contributed by atoms with van der Waals surface area (Å²) in [5.41, 5.74) is 0.602. The van der Waals surface area contributed by atoms with E-state index in [9.17, 15) is 14.9 Å². The predicted octanol–water partition coefficient (Wildman–Crippen LogP) is 3.32. The van der Waals surface area contributed by atoms with Gasteiger partial charge in [0.1, 0.15) is 6.07 Å². The van der Waals surface area contributed by atoms with Crippen LogP contribution in [0.3, 0.4) is 0 Å². The predicted molar refractivity (Wildman–Crippen MR) is 121 cm³/mol. The van der Waals surface area contributed by atoms with Crippen LogP contribution in [0.2, 0.25) is 0 Å². The fourth-order valence-electron chi connectivity index (χ4n) is 2.57. The minimum absolute atomic E-state index is 0.141. The molecule has 0 aliphatic carbocycles. The Morgan fingerprint density at radius 2 is 2.09 bits per heavy atom. The van der Waals surface area contributed by atoms with Crippen molar-refractivity contribution in [2.75, 3.05) is 22.8 Å². The van der Waals surface area contributed by atoms with Crippen molar-refractivity contribution in [3.8, 4) is 11.8 Å². The first-order valence-corrected chi connectivity index (χ1v) is 9.75. The molecule has 12 heteroatoms. The Morgan fingerprint density at radius 1 is 1.34 bits per heavy atom. The number of hydrogen-bond donors (Lipinski definition) is 2. The number of rotatable bonds is 8. The Morgan fingerprint density at radius 3 is 2.75 bits per heavy atom. The molecule has 0 fully saturated rings. The summed E-state index contributed by atoms with van der Waals surface area (Å²) in [6.07, 6.45) is 0. The number of nitrogens with zero attached hydrogens (tertiary/aromatic N) is 5. The number of carbonyl (C=O) groups excluding carboxylic acids is 1. The van der Waals surface area contributed by atoms with Crippen LogP contribution in [0.4, 0.5) is 21.6 Å². The number of para-hydroxylation sites is 1. The Hall–Kier alpha value is -4.50. The van der Waals surface area contributed by atoms with E-state index < -0.39 is 11.5 Å². The molecular formula is C20H17N7O4S. The van der Waals surface area contributed by atoms with Gasteiger partial charge in [-0.2, -0.15) is 10.4 Å². The molecule has 0 unspecified atom stereocenters. The van der Waals surface area contributed by atoms with E-state index in [0.717, 1.165) is 11.3 Å². The molecule has 2 N–H and O–H groups in total. The highest BCUT2D eigenvalue weighted by molar-refractivity contribution is 7.19. The maximum Gasteiger partial charge on any atom is 0.381 e. The van der Waals surface area contributed by atoms with Gasteiger partial charge in [0.15, 0.2) is 5.76 Å². The normalized spacial score (nSPS) is 10.0. The number of allylic oxidation sites excluding steroid dienone is 1. The molecule has 1 aromatic carbocycles. The lowest BCUT2D eigenvalue weighted by molar-refractivity contribution is 0.0991. The summed E-state index contributed by atoms with van der Waals surface area (Å²) in [6, 6.07) is 10.0. The Bertz CT molecular complexity index is 1290. The van der Waals surface area contributed by atoms with Gasteiger partial charge >= 0.3 is 5.63 Å². The molecule has 0 radical (unpaired) electrons. The lowest BCUT2D eigenvalue weighted by Crippen LogP contribution is -2.17. The third kappa shape index (κ3) is 4.63. The van der Waals surface area contributed by atoms with Crippen molar-refractivity contribution >= 4 is 45.6 Å². The van der Waals surface area contributed by atoms with E-state index in [4.69, 9.17) is 9.15 Å². The number of aromatic nitrogens is 2. The maximum atomic E-state index is 12.7. The Kier molecular flexibility index (Phi) is 6.62. The van der Waals surface area contributed by atoms with Gasteiger partial charge in [-0.3, -0.25) is 10.1 Å². The summed E-state index contributed by atoms with van der Waals surface area (Å²) in [5, 5.41) is 28.1. The SMILES string of the molecule is C=NN(C(=C)C)c1nnc(NC(=O)c2cc(Nc3ccccc3C#N)c(OC)c(=O)o2)s1. The zero-order valence-electron chi connectivity index (χ0n) is 17.1. The summed E-state index contributed by atoms with van der Waals surface area (Å²) in [4.78, 5) is 25.0. The molecule has 3 aromatic rings. The fraction of sp³-hybridized carbons (Fsp3) is 0.100. The maximum absolute atomic E-state index is 12.7. The molecule has 32 heavy (non-hydrogen) atoms. The topological polar surface area (TPSA) is 146 Å². The number of nitrogens with one attached hydrogen (secondary N) is 2. The highest BCUT2D eigenvalue weighted by Crippen LogP contribution is 2.29. The van der Waals surface area contributed by atoms with Crippen LogP contribution in [0.15, 0.2) is 56.9 Å². The summed E-state index contributed by atoms with van der Waals surface area (Å²) in [6.45, 7) is 8.90. The van der Waals surface area contributed by atoms with Gasteiger partial charge in [-0.05, 0) is 19.1 Å². The molecule has 0 atom stereocenters. The number of nitriles is 1. The smallest absolute Gasteiger partial charge is 0.381 e. The first-order valence-electron chi connectivity index (χ1n) is 8.93. The molecule has 0 aliphatic heterocycles. The minimum atomic E-state index is -0.876. The summed E-state index contributed by atoms with van der Waals surface area (Å²) >= 11 is 1.02. The molecule has 0 saturated heterocycles. The number of methoxy groups -OCH3 is 1. The number of amides is 1. The average Bonchev–Trinajstić information content (AvgIpc) is 3.22. The molecule has 11 nitrogen and oxygen atoms in total. The fourth-order valence-corrected chi connectivity index (χ4v) is 3.35. The van der Waals surface area contributed by atoms with E-state index in [1.165, 1.54) is 18.2 Å². The standard InChI is InChI=1S/C20H17N7O4S/c1-11(2)27(22-3)20-26-25-19(32-20)24-17(28)15-9-14(16(30-4)18(29)31-15)23-13-8-6-5-7-12(13)10-21/h5-9,23H,1,3H2,2,4H3,(H,24,25,28). The Balaban J connectivity index is 1.90. The van der Waals surface area contributed by atoms with Crippen LogP contribution in [-0.2, 0) is 0 Å². The number of anilines is 4. The molecule has 2 aromatic heterocycles. The average molecular weight is 451 g/mol. The number of benzene rings is 1. The van der Waals surface area contributed by atoms with Crippen molar-refractivity contribution in [1.29, 1.82) is 5.26 Å². The van der Waals surface area contributed by atoms with Crippen molar-refractivity contribution < 1.29 is 13.9 Å². The molecule has 0 saturated carbocycles. The van der Waals surface area contributed by atoms with E-state index in [1.807, 2.05) is 6.07 Å². The quantitative estimate of drug-likeness (QED) is 0.389. The summed E-state index contributed by atoms with van der Waals surface area (Å²) in [5.74, 6) is -1.19. The van der Waals surface area contributed by atoms with Crippen LogP contribution in [0.1, 0.15) is 23.0 Å². The van der Waals surface area contributed by atoms with Gasteiger partial charge < -0.3 is 14.5 Å². The summed E-state index contributed by atoms with van der Waals surface area (Å²) in [7, 11) is 1.29. The number of hydrogen-bond acceptors (Lipinski definition) is 11. The summed E-state index contributed by atoms with van der Waals surface area (Å²) < 4.78 is 10.2. The highest BCUT2D eigenvalue weighted by Gasteiger charge is 2.20. The zero-order valence-corrected chi connectivity index (χ0v) is 17.9. The Labute approximate surface area is 186 Å². The second-order valence-corrected chi connectivity index (χ2v) is 7.12. The molecule has 0 aliphatic rings. The molecular weight excluding hydrogens is 434 g/mol.